The molecule has 0 aromatic carbocycles. The Kier molecular flexibility index (Phi) is 3.53. The largest absolute Gasteiger partial charge is 0.310 e. The van der Waals surface area contributed by atoms with Crippen molar-refractivity contribution in [2.45, 2.75) is 38.9 Å². The van der Waals surface area contributed by atoms with E-state index in [1.54, 1.807) is 6.20 Å². The van der Waals surface area contributed by atoms with Crippen molar-refractivity contribution in [3.63, 3.8) is 0 Å². The Morgan fingerprint density at radius 1 is 1.37 bits per heavy atom. The summed E-state index contributed by atoms with van der Waals surface area (Å²) in [5.74, 6) is 0. The van der Waals surface area contributed by atoms with Gasteiger partial charge in [0.1, 0.15) is 0 Å². The smallest absolute Gasteiger partial charge is 0.0834 e. The van der Waals surface area contributed by atoms with Crippen molar-refractivity contribution in [2.75, 3.05) is 0 Å². The van der Waals surface area contributed by atoms with Crippen LogP contribution in [0.4, 0.5) is 0 Å². The van der Waals surface area contributed by atoms with E-state index in [9.17, 15) is 0 Å². The minimum atomic E-state index is 0.662. The van der Waals surface area contributed by atoms with Gasteiger partial charge in [-0.1, -0.05) is 17.7 Å². The van der Waals surface area contributed by atoms with E-state index in [1.165, 1.54) is 18.4 Å². The lowest BCUT2D eigenvalue weighted by molar-refractivity contribution is 0.649. The second-order valence-corrected chi connectivity index (χ2v) is 5.46. The molecule has 2 heterocycles. The van der Waals surface area contributed by atoms with Crippen LogP contribution in [0, 0.1) is 6.92 Å². The Hall–Kier alpha value is -1.39. The molecule has 0 spiro atoms. The Bertz CT molecular complexity index is 557. The maximum Gasteiger partial charge on any atom is 0.0834 e. The molecule has 0 atom stereocenters. The standard InChI is InChI=1S/C14H17ClN4/c1-10-14(15)8-18-19(10)9-13-3-2-11(7-17-13)6-16-12-4-5-12/h2-3,7-8,12,16H,4-6,9H2,1H3. The van der Waals surface area contributed by atoms with Gasteiger partial charge in [-0.2, -0.15) is 5.10 Å². The highest BCUT2D eigenvalue weighted by atomic mass is 35.5. The van der Waals surface area contributed by atoms with Crippen molar-refractivity contribution >= 4 is 11.6 Å². The van der Waals surface area contributed by atoms with E-state index in [0.29, 0.717) is 11.6 Å². The second-order valence-electron chi connectivity index (χ2n) is 5.05. The number of hydrogen-bond acceptors (Lipinski definition) is 3. The van der Waals surface area contributed by atoms with Crippen molar-refractivity contribution in [3.8, 4) is 0 Å². The normalized spacial score (nSPS) is 14.8. The van der Waals surface area contributed by atoms with E-state index in [1.807, 2.05) is 17.8 Å². The summed E-state index contributed by atoms with van der Waals surface area (Å²) in [6, 6.07) is 4.91. The van der Waals surface area contributed by atoms with E-state index in [-0.39, 0.29) is 0 Å². The van der Waals surface area contributed by atoms with Crippen molar-refractivity contribution in [1.82, 2.24) is 20.1 Å². The lowest BCUT2D eigenvalue weighted by Crippen LogP contribution is -2.15. The first-order chi connectivity index (χ1) is 9.22. The van der Waals surface area contributed by atoms with Crippen LogP contribution in [-0.2, 0) is 13.1 Å². The van der Waals surface area contributed by atoms with Crippen LogP contribution in [0.15, 0.2) is 24.5 Å². The number of nitrogens with one attached hydrogen (secondary N) is 1. The number of halogens is 1. The SMILES string of the molecule is Cc1c(Cl)cnn1Cc1ccc(CNC2CC2)cn1. The molecule has 3 rings (SSSR count). The fraction of sp³-hybridized carbons (Fsp3) is 0.429. The van der Waals surface area contributed by atoms with Crippen LogP contribution >= 0.6 is 11.6 Å². The number of rotatable bonds is 5. The molecule has 100 valence electrons. The summed E-state index contributed by atoms with van der Waals surface area (Å²) < 4.78 is 1.87. The van der Waals surface area contributed by atoms with Gasteiger partial charge < -0.3 is 5.32 Å². The van der Waals surface area contributed by atoms with Gasteiger partial charge >= 0.3 is 0 Å². The predicted octanol–water partition coefficient (Wildman–Crippen LogP) is 2.54. The molecule has 1 saturated carbocycles. The van der Waals surface area contributed by atoms with Crippen LogP contribution in [0.3, 0.4) is 0 Å². The first kappa shape index (κ1) is 12.6. The van der Waals surface area contributed by atoms with Gasteiger partial charge in [0.2, 0.25) is 0 Å². The summed E-state index contributed by atoms with van der Waals surface area (Å²) in [5.41, 5.74) is 3.20. The van der Waals surface area contributed by atoms with Gasteiger partial charge in [0.15, 0.2) is 0 Å². The minimum absolute atomic E-state index is 0.662. The predicted molar refractivity (Wildman–Crippen MR) is 75.2 cm³/mol. The quantitative estimate of drug-likeness (QED) is 0.913. The summed E-state index contributed by atoms with van der Waals surface area (Å²) in [5, 5.41) is 8.41. The number of hydrogen-bond donors (Lipinski definition) is 1. The minimum Gasteiger partial charge on any atom is -0.310 e. The lowest BCUT2D eigenvalue weighted by Gasteiger charge is -2.06. The maximum absolute atomic E-state index is 5.99. The van der Waals surface area contributed by atoms with Gasteiger partial charge in [-0.3, -0.25) is 9.67 Å². The molecule has 4 nitrogen and oxygen atoms in total. The molecule has 0 aliphatic heterocycles. The fourth-order valence-electron chi connectivity index (χ4n) is 1.94. The van der Waals surface area contributed by atoms with Crippen molar-refractivity contribution < 1.29 is 0 Å². The van der Waals surface area contributed by atoms with Gasteiger partial charge in [-0.05, 0) is 31.4 Å². The van der Waals surface area contributed by atoms with Crippen LogP contribution < -0.4 is 5.32 Å². The van der Waals surface area contributed by atoms with Crippen LogP contribution in [-0.4, -0.2) is 20.8 Å². The highest BCUT2D eigenvalue weighted by Crippen LogP contribution is 2.19. The monoisotopic (exact) mass is 276 g/mol. The molecule has 5 heteroatoms. The highest BCUT2D eigenvalue weighted by molar-refractivity contribution is 6.31. The molecule has 19 heavy (non-hydrogen) atoms. The summed E-state index contributed by atoms with van der Waals surface area (Å²) in [6.45, 7) is 3.53. The molecule has 0 bridgehead atoms. The first-order valence-electron chi connectivity index (χ1n) is 6.57. The van der Waals surface area contributed by atoms with Gasteiger partial charge in [0.25, 0.3) is 0 Å². The summed E-state index contributed by atoms with van der Waals surface area (Å²) in [6.07, 6.45) is 6.23. The van der Waals surface area contributed by atoms with E-state index in [4.69, 9.17) is 11.6 Å². The molecule has 0 amide bonds. The highest BCUT2D eigenvalue weighted by Gasteiger charge is 2.19. The van der Waals surface area contributed by atoms with Crippen molar-refractivity contribution in [3.05, 3.63) is 46.5 Å². The zero-order chi connectivity index (χ0) is 13.2. The molecule has 1 aliphatic rings. The molecule has 0 saturated heterocycles. The van der Waals surface area contributed by atoms with E-state index < -0.39 is 0 Å². The number of nitrogens with zero attached hydrogens (tertiary/aromatic N) is 3. The summed E-state index contributed by atoms with van der Waals surface area (Å²) in [7, 11) is 0. The van der Waals surface area contributed by atoms with Gasteiger partial charge in [-0.15, -0.1) is 0 Å². The molecule has 0 unspecified atom stereocenters. The van der Waals surface area contributed by atoms with Crippen molar-refractivity contribution in [2.24, 2.45) is 0 Å². The Morgan fingerprint density at radius 3 is 2.79 bits per heavy atom. The topological polar surface area (TPSA) is 42.7 Å². The molecular weight excluding hydrogens is 260 g/mol. The maximum atomic E-state index is 5.99. The van der Waals surface area contributed by atoms with E-state index in [0.717, 1.165) is 24.0 Å². The third-order valence-corrected chi connectivity index (χ3v) is 3.78. The average Bonchev–Trinajstić information content (AvgIpc) is 3.20. The van der Waals surface area contributed by atoms with E-state index >= 15 is 0 Å². The first-order valence-corrected chi connectivity index (χ1v) is 6.95. The van der Waals surface area contributed by atoms with Gasteiger partial charge in [0, 0.05) is 18.8 Å². The Balaban J connectivity index is 1.63. The van der Waals surface area contributed by atoms with Gasteiger partial charge in [0.05, 0.1) is 29.2 Å². The average molecular weight is 277 g/mol. The Labute approximate surface area is 117 Å². The summed E-state index contributed by atoms with van der Waals surface area (Å²) >= 11 is 5.99. The third-order valence-electron chi connectivity index (χ3n) is 3.41. The number of pyridine rings is 1. The van der Waals surface area contributed by atoms with E-state index in [2.05, 4.69) is 27.5 Å². The second kappa shape index (κ2) is 5.31. The van der Waals surface area contributed by atoms with Gasteiger partial charge in [-0.25, -0.2) is 0 Å². The zero-order valence-electron chi connectivity index (χ0n) is 10.9. The molecule has 1 N–H and O–H groups in total. The molecule has 2 aromatic rings. The Morgan fingerprint density at radius 2 is 2.21 bits per heavy atom. The molecular formula is C14H17ClN4. The molecule has 1 fully saturated rings. The van der Waals surface area contributed by atoms with Crippen LogP contribution in [0.25, 0.3) is 0 Å². The number of aromatic nitrogens is 3. The molecule has 0 radical (unpaired) electrons. The van der Waals surface area contributed by atoms with Crippen LogP contribution in [0.2, 0.25) is 5.02 Å². The zero-order valence-corrected chi connectivity index (χ0v) is 11.7. The van der Waals surface area contributed by atoms with Crippen LogP contribution in [0.1, 0.15) is 29.8 Å². The van der Waals surface area contributed by atoms with Crippen molar-refractivity contribution in [1.29, 1.82) is 0 Å². The third kappa shape index (κ3) is 3.14. The molecule has 1 aliphatic carbocycles. The summed E-state index contributed by atoms with van der Waals surface area (Å²) in [4.78, 5) is 4.48. The molecule has 2 aromatic heterocycles. The fourth-order valence-corrected chi connectivity index (χ4v) is 2.08. The lowest BCUT2D eigenvalue weighted by atomic mass is 10.2. The van der Waals surface area contributed by atoms with Crippen LogP contribution in [0.5, 0.6) is 0 Å².